The van der Waals surface area contributed by atoms with Gasteiger partial charge in [0.15, 0.2) is 5.69 Å². The highest BCUT2D eigenvalue weighted by molar-refractivity contribution is 6.37. The second-order valence-corrected chi connectivity index (χ2v) is 5.94. The van der Waals surface area contributed by atoms with Crippen molar-refractivity contribution in [2.75, 3.05) is 0 Å². The van der Waals surface area contributed by atoms with Gasteiger partial charge >= 0.3 is 6.18 Å². The van der Waals surface area contributed by atoms with Crippen LogP contribution < -0.4 is 0 Å². The normalized spacial score (nSPS) is 11.6. The van der Waals surface area contributed by atoms with Crippen LogP contribution in [0, 0.1) is 18.3 Å². The molecular weight excluding hydrogens is 378 g/mol. The Balaban J connectivity index is 2.17. The predicted molar refractivity (Wildman–Crippen MR) is 85.7 cm³/mol. The molecule has 4 nitrogen and oxygen atoms in total. The van der Waals surface area contributed by atoms with Crippen LogP contribution in [0.15, 0.2) is 35.1 Å². The number of benzene rings is 1. The first-order chi connectivity index (χ1) is 11.7. The van der Waals surface area contributed by atoms with Crippen molar-refractivity contribution >= 4 is 23.2 Å². The monoisotopic (exact) mass is 385 g/mol. The van der Waals surface area contributed by atoms with Crippen molar-refractivity contribution in [1.29, 1.82) is 5.26 Å². The third kappa shape index (κ3) is 3.11. The first kappa shape index (κ1) is 17.4. The number of aryl methyl sites for hydroxylation is 1. The summed E-state index contributed by atoms with van der Waals surface area (Å²) in [7, 11) is 0. The van der Waals surface area contributed by atoms with Gasteiger partial charge in [0.25, 0.3) is 0 Å². The van der Waals surface area contributed by atoms with Gasteiger partial charge in [-0.1, -0.05) is 23.2 Å². The number of hydrogen-bond donors (Lipinski definition) is 0. The standard InChI is InChI=1S/C16H8Cl2F3N3O/c1-8-10(2-3-25-8)11-7-24(23-14(11)6-22)15-12(17)4-9(5-13(15)18)16(19,20)21/h2-5,7H,1H3. The van der Waals surface area contributed by atoms with Crippen molar-refractivity contribution in [2.45, 2.75) is 13.1 Å². The van der Waals surface area contributed by atoms with Crippen LogP contribution in [0.1, 0.15) is 17.0 Å². The average Bonchev–Trinajstić information content (AvgIpc) is 3.11. The van der Waals surface area contributed by atoms with Crippen molar-refractivity contribution < 1.29 is 17.6 Å². The lowest BCUT2D eigenvalue weighted by Crippen LogP contribution is -2.07. The summed E-state index contributed by atoms with van der Waals surface area (Å²) in [6.07, 6.45) is -1.65. The van der Waals surface area contributed by atoms with Crippen LogP contribution in [0.5, 0.6) is 0 Å². The maximum atomic E-state index is 12.8. The van der Waals surface area contributed by atoms with E-state index in [0.717, 1.165) is 12.1 Å². The minimum Gasteiger partial charge on any atom is -0.469 e. The smallest absolute Gasteiger partial charge is 0.416 e. The van der Waals surface area contributed by atoms with Gasteiger partial charge in [-0.3, -0.25) is 0 Å². The molecule has 0 fully saturated rings. The van der Waals surface area contributed by atoms with Gasteiger partial charge in [0.05, 0.1) is 21.9 Å². The molecule has 3 rings (SSSR count). The molecule has 0 bridgehead atoms. The molecule has 0 radical (unpaired) electrons. The molecule has 0 N–H and O–H groups in total. The topological polar surface area (TPSA) is 54.8 Å². The van der Waals surface area contributed by atoms with Crippen LogP contribution >= 0.6 is 23.2 Å². The lowest BCUT2D eigenvalue weighted by molar-refractivity contribution is -0.137. The van der Waals surface area contributed by atoms with Gasteiger partial charge in [-0.25, -0.2) is 4.68 Å². The van der Waals surface area contributed by atoms with Crippen LogP contribution in [0.25, 0.3) is 16.8 Å². The Labute approximate surface area is 150 Å². The Bertz CT molecular complexity index is 976. The maximum absolute atomic E-state index is 12.8. The van der Waals surface area contributed by atoms with Gasteiger partial charge in [0, 0.05) is 17.3 Å². The number of hydrogen-bond acceptors (Lipinski definition) is 3. The highest BCUT2D eigenvalue weighted by Crippen LogP contribution is 2.38. The van der Waals surface area contributed by atoms with Gasteiger partial charge in [-0.15, -0.1) is 0 Å². The number of alkyl halides is 3. The Morgan fingerprint density at radius 2 is 1.84 bits per heavy atom. The average molecular weight is 386 g/mol. The molecule has 9 heteroatoms. The molecule has 0 unspecified atom stereocenters. The second-order valence-electron chi connectivity index (χ2n) is 5.12. The van der Waals surface area contributed by atoms with Crippen LogP contribution in [0.2, 0.25) is 10.0 Å². The number of halogens is 5. The lowest BCUT2D eigenvalue weighted by atomic mass is 10.1. The zero-order valence-corrected chi connectivity index (χ0v) is 14.0. The summed E-state index contributed by atoms with van der Waals surface area (Å²) in [5, 5.41) is 12.9. The van der Waals surface area contributed by atoms with E-state index >= 15 is 0 Å². The van der Waals surface area contributed by atoms with Crippen LogP contribution in [0.4, 0.5) is 13.2 Å². The minimum atomic E-state index is -4.58. The molecule has 0 amide bonds. The molecule has 0 atom stereocenters. The Morgan fingerprint density at radius 3 is 2.32 bits per heavy atom. The van der Waals surface area contributed by atoms with E-state index in [1.165, 1.54) is 17.1 Å². The summed E-state index contributed by atoms with van der Waals surface area (Å²) in [5.74, 6) is 0.570. The first-order valence-electron chi connectivity index (χ1n) is 6.83. The van der Waals surface area contributed by atoms with E-state index in [9.17, 15) is 18.4 Å². The van der Waals surface area contributed by atoms with Gasteiger partial charge in [0.2, 0.25) is 0 Å². The Hall–Kier alpha value is -2.43. The van der Waals surface area contributed by atoms with Crippen molar-refractivity contribution in [3.05, 3.63) is 57.7 Å². The first-order valence-corrected chi connectivity index (χ1v) is 7.59. The SMILES string of the molecule is Cc1occc1-c1cn(-c2c(Cl)cc(C(F)(F)F)cc2Cl)nc1C#N. The van der Waals surface area contributed by atoms with E-state index in [1.807, 2.05) is 6.07 Å². The van der Waals surface area contributed by atoms with E-state index < -0.39 is 11.7 Å². The highest BCUT2D eigenvalue weighted by atomic mass is 35.5. The van der Waals surface area contributed by atoms with Gasteiger partial charge in [-0.05, 0) is 25.1 Å². The quantitative estimate of drug-likeness (QED) is 0.573. The van der Waals surface area contributed by atoms with E-state index in [0.29, 0.717) is 16.9 Å². The van der Waals surface area contributed by atoms with E-state index in [1.54, 1.807) is 13.0 Å². The summed E-state index contributed by atoms with van der Waals surface area (Å²) in [5.41, 5.74) is 0.254. The number of nitrogens with zero attached hydrogens (tertiary/aromatic N) is 3. The molecule has 128 valence electrons. The third-order valence-corrected chi connectivity index (χ3v) is 4.12. The summed E-state index contributed by atoms with van der Waals surface area (Å²) in [6, 6.07) is 5.12. The second kappa shape index (κ2) is 6.14. The van der Waals surface area contributed by atoms with E-state index in [2.05, 4.69) is 5.10 Å². The van der Waals surface area contributed by atoms with Crippen LogP contribution in [-0.2, 0) is 6.18 Å². The molecule has 0 aliphatic rings. The van der Waals surface area contributed by atoms with Crippen molar-refractivity contribution in [3.8, 4) is 22.9 Å². The fourth-order valence-corrected chi connectivity index (χ4v) is 3.04. The number of rotatable bonds is 2. The molecular formula is C16H8Cl2F3N3O. The maximum Gasteiger partial charge on any atom is 0.416 e. The van der Waals surface area contributed by atoms with Gasteiger partial charge in [0.1, 0.15) is 17.5 Å². The van der Waals surface area contributed by atoms with Crippen LogP contribution in [-0.4, -0.2) is 9.78 Å². The third-order valence-electron chi connectivity index (χ3n) is 3.54. The highest BCUT2D eigenvalue weighted by Gasteiger charge is 2.32. The summed E-state index contributed by atoms with van der Waals surface area (Å²) in [4.78, 5) is 0. The van der Waals surface area contributed by atoms with Crippen LogP contribution in [0.3, 0.4) is 0 Å². The Kier molecular flexibility index (Phi) is 4.27. The fourth-order valence-electron chi connectivity index (χ4n) is 2.38. The molecule has 0 saturated heterocycles. The van der Waals surface area contributed by atoms with Crippen molar-refractivity contribution in [1.82, 2.24) is 9.78 Å². The zero-order valence-electron chi connectivity index (χ0n) is 12.5. The molecule has 2 heterocycles. The number of aromatic nitrogens is 2. The zero-order chi connectivity index (χ0) is 18.4. The molecule has 0 aliphatic heterocycles. The molecule has 0 saturated carbocycles. The van der Waals surface area contributed by atoms with Crippen molar-refractivity contribution in [3.63, 3.8) is 0 Å². The number of nitriles is 1. The molecule has 3 aromatic rings. The van der Waals surface area contributed by atoms with Gasteiger partial charge < -0.3 is 4.42 Å². The predicted octanol–water partition coefficient (Wildman–Crippen LogP) is 5.64. The molecule has 0 spiro atoms. The van der Waals surface area contributed by atoms with Crippen molar-refractivity contribution in [2.24, 2.45) is 0 Å². The summed E-state index contributed by atoms with van der Waals surface area (Å²) < 4.78 is 44.9. The molecule has 1 aromatic carbocycles. The lowest BCUT2D eigenvalue weighted by Gasteiger charge is -2.12. The Morgan fingerprint density at radius 1 is 1.20 bits per heavy atom. The van der Waals surface area contributed by atoms with E-state index in [4.69, 9.17) is 27.6 Å². The summed E-state index contributed by atoms with van der Waals surface area (Å²) in [6.45, 7) is 1.71. The fraction of sp³-hybridized carbons (Fsp3) is 0.125. The molecule has 0 aliphatic carbocycles. The number of furan rings is 1. The van der Waals surface area contributed by atoms with E-state index in [-0.39, 0.29) is 21.4 Å². The molecule has 2 aromatic heterocycles. The molecule has 25 heavy (non-hydrogen) atoms. The largest absolute Gasteiger partial charge is 0.469 e. The minimum absolute atomic E-state index is 0.0558. The summed E-state index contributed by atoms with van der Waals surface area (Å²) >= 11 is 12.0. The van der Waals surface area contributed by atoms with Gasteiger partial charge in [-0.2, -0.15) is 23.5 Å².